The van der Waals surface area contributed by atoms with Gasteiger partial charge in [0.05, 0.1) is 23.6 Å². The fraction of sp³-hybridized carbons (Fsp3) is 0.280. The average Bonchev–Trinajstić information content (AvgIpc) is 3.15. The zero-order valence-electron chi connectivity index (χ0n) is 20.1. The molecule has 11 nitrogen and oxygen atoms in total. The Kier molecular flexibility index (Phi) is 8.79. The van der Waals surface area contributed by atoms with E-state index in [1.807, 2.05) is 6.92 Å². The molecule has 1 aliphatic rings. The summed E-state index contributed by atoms with van der Waals surface area (Å²) in [6.45, 7) is 2.46. The van der Waals surface area contributed by atoms with Crippen LogP contribution in [0.5, 0.6) is 5.75 Å². The number of nitrogens with two attached hydrogens (primary N) is 1. The van der Waals surface area contributed by atoms with Gasteiger partial charge < -0.3 is 14.7 Å². The van der Waals surface area contributed by atoms with Crippen molar-refractivity contribution in [2.24, 2.45) is 5.14 Å². The molecule has 1 saturated heterocycles. The predicted molar refractivity (Wildman–Crippen MR) is 133 cm³/mol. The molecule has 1 atom stereocenters. The quantitative estimate of drug-likeness (QED) is 0.326. The maximum absolute atomic E-state index is 13.3. The Bertz CT molecular complexity index is 1300. The van der Waals surface area contributed by atoms with E-state index >= 15 is 0 Å². The molecule has 0 spiro atoms. The minimum absolute atomic E-state index is 0.0289. The zero-order chi connectivity index (χ0) is 27.2. The van der Waals surface area contributed by atoms with Gasteiger partial charge in [-0.1, -0.05) is 19.1 Å². The van der Waals surface area contributed by atoms with Crippen LogP contribution in [0, 0.1) is 0 Å². The third kappa shape index (κ3) is 7.02. The molecule has 2 aromatic rings. The molecule has 0 saturated carbocycles. The summed E-state index contributed by atoms with van der Waals surface area (Å²) < 4.78 is 28.5. The zero-order valence-corrected chi connectivity index (χ0v) is 20.9. The van der Waals surface area contributed by atoms with Crippen molar-refractivity contribution in [1.82, 2.24) is 4.90 Å². The van der Waals surface area contributed by atoms with E-state index in [-0.39, 0.29) is 24.3 Å². The molecule has 3 amide bonds. The molecule has 0 bridgehead atoms. The monoisotopic (exact) mass is 529 g/mol. The number of sulfonamides is 1. The van der Waals surface area contributed by atoms with E-state index in [1.165, 1.54) is 24.3 Å². The van der Waals surface area contributed by atoms with Crippen molar-refractivity contribution in [2.75, 3.05) is 18.1 Å². The molecular weight excluding hydrogens is 502 g/mol. The van der Waals surface area contributed by atoms with E-state index in [2.05, 4.69) is 0 Å². The first-order chi connectivity index (χ1) is 17.5. The lowest BCUT2D eigenvalue weighted by Gasteiger charge is -2.26. The van der Waals surface area contributed by atoms with Gasteiger partial charge in [-0.2, -0.15) is 0 Å². The van der Waals surface area contributed by atoms with Gasteiger partial charge in [0, 0.05) is 18.7 Å². The first-order valence-corrected chi connectivity index (χ1v) is 13.0. The number of carbonyl (C=O) groups excluding carboxylic acids is 3. The maximum Gasteiger partial charge on any atom is 0.328 e. The number of ether oxygens (including phenoxy) is 1. The molecule has 2 aromatic carbocycles. The van der Waals surface area contributed by atoms with Crippen molar-refractivity contribution < 1.29 is 37.4 Å². The van der Waals surface area contributed by atoms with Crippen LogP contribution in [0.1, 0.15) is 25.3 Å². The first kappa shape index (κ1) is 27.6. The fourth-order valence-electron chi connectivity index (χ4n) is 3.80. The Labute approximate surface area is 214 Å². The third-order valence-electron chi connectivity index (χ3n) is 5.61. The van der Waals surface area contributed by atoms with E-state index in [4.69, 9.17) is 15.0 Å². The summed E-state index contributed by atoms with van der Waals surface area (Å²) in [5, 5.41) is 14.0. The van der Waals surface area contributed by atoms with Gasteiger partial charge in [-0.15, -0.1) is 0 Å². The van der Waals surface area contributed by atoms with Crippen LogP contribution in [-0.4, -0.2) is 61.3 Å². The van der Waals surface area contributed by atoms with Gasteiger partial charge in [0.15, 0.2) is 0 Å². The lowest BCUT2D eigenvalue weighted by molar-refractivity contribution is -0.135. The third-order valence-corrected chi connectivity index (χ3v) is 6.54. The van der Waals surface area contributed by atoms with Crippen molar-refractivity contribution in [3.8, 4) is 5.75 Å². The van der Waals surface area contributed by atoms with Crippen LogP contribution >= 0.6 is 0 Å². The Hall–Kier alpha value is -4.03. The normalized spacial score (nSPS) is 15.8. The summed E-state index contributed by atoms with van der Waals surface area (Å²) in [5.74, 6) is -2.62. The highest BCUT2D eigenvalue weighted by Crippen LogP contribution is 2.28. The van der Waals surface area contributed by atoms with E-state index in [9.17, 15) is 27.6 Å². The van der Waals surface area contributed by atoms with Crippen molar-refractivity contribution in [2.45, 2.75) is 37.1 Å². The number of nitrogens with zero attached hydrogens (tertiary/aromatic N) is 2. The molecular formula is C25H27N3O8S. The molecule has 1 heterocycles. The molecule has 0 aromatic heterocycles. The molecule has 1 fully saturated rings. The van der Waals surface area contributed by atoms with Crippen LogP contribution in [-0.2, 0) is 35.6 Å². The standard InChI is InChI=1S/C25H27N3O8S/c1-2-15-36-19-7-5-18(6-8-19)28-23(30)16-21(25(28)33)27(22(29)11-12-24(31)32)14-13-17-3-9-20(10-4-17)37(26,34)35/h3-12,21H,2,13-16H2,1H3,(H,31,32)(H2,26,34,35)/b12-11+/t21-/m1/s1. The molecule has 0 aliphatic carbocycles. The Morgan fingerprint density at radius 1 is 1.11 bits per heavy atom. The molecule has 3 rings (SSSR count). The van der Waals surface area contributed by atoms with Gasteiger partial charge in [-0.25, -0.2) is 23.3 Å². The molecule has 0 radical (unpaired) electrons. The highest BCUT2D eigenvalue weighted by atomic mass is 32.2. The van der Waals surface area contributed by atoms with Crippen LogP contribution in [0.3, 0.4) is 0 Å². The summed E-state index contributed by atoms with van der Waals surface area (Å²) >= 11 is 0. The number of amides is 3. The number of rotatable bonds is 11. The maximum atomic E-state index is 13.3. The summed E-state index contributed by atoms with van der Waals surface area (Å²) in [6.07, 6.45) is 2.24. The number of benzene rings is 2. The second-order valence-electron chi connectivity index (χ2n) is 8.27. The molecule has 1 aliphatic heterocycles. The smallest absolute Gasteiger partial charge is 0.328 e. The van der Waals surface area contributed by atoms with E-state index in [0.717, 1.165) is 22.3 Å². The van der Waals surface area contributed by atoms with Crippen LogP contribution in [0.25, 0.3) is 0 Å². The number of hydrogen-bond acceptors (Lipinski definition) is 7. The Morgan fingerprint density at radius 3 is 2.32 bits per heavy atom. The van der Waals surface area contributed by atoms with Gasteiger partial charge in [0.2, 0.25) is 21.8 Å². The lowest BCUT2D eigenvalue weighted by Crippen LogP contribution is -2.46. The van der Waals surface area contributed by atoms with Crippen LogP contribution in [0.4, 0.5) is 5.69 Å². The van der Waals surface area contributed by atoms with Crippen LogP contribution < -0.4 is 14.8 Å². The molecule has 0 unspecified atom stereocenters. The number of primary sulfonamides is 1. The minimum atomic E-state index is -3.87. The number of imide groups is 1. The van der Waals surface area contributed by atoms with Crippen molar-refractivity contribution in [1.29, 1.82) is 0 Å². The van der Waals surface area contributed by atoms with E-state index < -0.39 is 39.8 Å². The predicted octanol–water partition coefficient (Wildman–Crippen LogP) is 1.47. The largest absolute Gasteiger partial charge is 0.494 e. The molecule has 37 heavy (non-hydrogen) atoms. The van der Waals surface area contributed by atoms with Gasteiger partial charge in [0.1, 0.15) is 11.8 Å². The number of aliphatic carboxylic acids is 1. The average molecular weight is 530 g/mol. The van der Waals surface area contributed by atoms with Crippen molar-refractivity contribution >= 4 is 39.4 Å². The van der Waals surface area contributed by atoms with Gasteiger partial charge in [-0.3, -0.25) is 14.4 Å². The Morgan fingerprint density at radius 2 is 1.76 bits per heavy atom. The summed E-state index contributed by atoms with van der Waals surface area (Å²) in [5.41, 5.74) is 0.970. The van der Waals surface area contributed by atoms with Gasteiger partial charge in [0.25, 0.3) is 5.91 Å². The number of anilines is 1. The molecule has 196 valence electrons. The SMILES string of the molecule is CCCOc1ccc(N2C(=O)C[C@@H](N(CCc3ccc(S(N)(=O)=O)cc3)C(=O)/C=C/C(=O)O)C2=O)cc1. The van der Waals surface area contributed by atoms with Crippen molar-refractivity contribution in [3.05, 3.63) is 66.2 Å². The fourth-order valence-corrected chi connectivity index (χ4v) is 4.31. The number of carboxylic acids is 1. The molecule has 3 N–H and O–H groups in total. The second kappa shape index (κ2) is 11.8. The van der Waals surface area contributed by atoms with E-state index in [1.54, 1.807) is 24.3 Å². The highest BCUT2D eigenvalue weighted by molar-refractivity contribution is 7.89. The number of carboxylic acid groups (broad SMARTS) is 1. The summed E-state index contributed by atoms with van der Waals surface area (Å²) in [4.78, 5) is 51.9. The summed E-state index contributed by atoms with van der Waals surface area (Å²) in [7, 11) is -3.87. The van der Waals surface area contributed by atoms with Gasteiger partial charge in [-0.05, 0) is 54.8 Å². The van der Waals surface area contributed by atoms with Crippen molar-refractivity contribution in [3.63, 3.8) is 0 Å². The number of hydrogen-bond donors (Lipinski definition) is 2. The van der Waals surface area contributed by atoms with E-state index in [0.29, 0.717) is 29.7 Å². The summed E-state index contributed by atoms with van der Waals surface area (Å²) in [6, 6.07) is 11.0. The molecule has 12 heteroatoms. The van der Waals surface area contributed by atoms with Gasteiger partial charge >= 0.3 is 5.97 Å². The topological polar surface area (TPSA) is 164 Å². The highest BCUT2D eigenvalue weighted by Gasteiger charge is 2.44. The second-order valence-corrected chi connectivity index (χ2v) is 9.83. The van der Waals surface area contributed by atoms with Crippen LogP contribution in [0.15, 0.2) is 65.6 Å². The minimum Gasteiger partial charge on any atom is -0.494 e. The Balaban J connectivity index is 1.82. The van der Waals surface area contributed by atoms with Crippen LogP contribution in [0.2, 0.25) is 0 Å². The first-order valence-electron chi connectivity index (χ1n) is 11.4. The lowest BCUT2D eigenvalue weighted by atomic mass is 10.1. The number of carbonyl (C=O) groups is 4.